The number of carbonyl (C=O) groups excluding carboxylic acids is 2. The van der Waals surface area contributed by atoms with Crippen molar-refractivity contribution in [1.29, 1.82) is 0 Å². The summed E-state index contributed by atoms with van der Waals surface area (Å²) >= 11 is 1.37. The molecule has 2 amide bonds. The monoisotopic (exact) mass is 393 g/mol. The number of thiophene rings is 1. The molecule has 1 atom stereocenters. The topological polar surface area (TPSA) is 90.8 Å². The highest BCUT2D eigenvalue weighted by Gasteiger charge is 2.16. The maximum atomic E-state index is 12.2. The summed E-state index contributed by atoms with van der Waals surface area (Å²) < 4.78 is 0. The lowest BCUT2D eigenvalue weighted by molar-refractivity contribution is -0.129. The molecule has 1 aromatic heterocycles. The van der Waals surface area contributed by atoms with Crippen molar-refractivity contribution >= 4 is 34.6 Å². The van der Waals surface area contributed by atoms with Gasteiger partial charge in [0.25, 0.3) is 11.8 Å². The highest BCUT2D eigenvalue weighted by Crippen LogP contribution is 2.16. The first-order valence-corrected chi connectivity index (χ1v) is 9.45. The molecule has 0 bridgehead atoms. The van der Waals surface area contributed by atoms with Crippen LogP contribution in [0.2, 0.25) is 0 Å². The van der Waals surface area contributed by atoms with Crippen LogP contribution in [0.15, 0.2) is 77.2 Å². The molecule has 142 valence electrons. The van der Waals surface area contributed by atoms with Gasteiger partial charge in [0, 0.05) is 5.69 Å². The van der Waals surface area contributed by atoms with Crippen molar-refractivity contribution in [3.05, 3.63) is 88.1 Å². The van der Waals surface area contributed by atoms with Crippen molar-refractivity contribution in [2.24, 2.45) is 5.10 Å². The number of aliphatic hydroxyl groups excluding tert-OH is 1. The zero-order valence-electron chi connectivity index (χ0n) is 15.1. The number of hydrazone groups is 1. The van der Waals surface area contributed by atoms with Crippen molar-refractivity contribution in [3.63, 3.8) is 0 Å². The van der Waals surface area contributed by atoms with Crippen LogP contribution in [0.1, 0.15) is 33.8 Å². The molecular weight excluding hydrogens is 374 g/mol. The summed E-state index contributed by atoms with van der Waals surface area (Å²) in [5.74, 6) is -0.797. The van der Waals surface area contributed by atoms with E-state index in [1.165, 1.54) is 11.3 Å². The van der Waals surface area contributed by atoms with Gasteiger partial charge < -0.3 is 10.4 Å². The highest BCUT2D eigenvalue weighted by atomic mass is 32.1. The quantitative estimate of drug-likeness (QED) is 0.442. The summed E-state index contributed by atoms with van der Waals surface area (Å²) in [4.78, 5) is 24.9. The maximum Gasteiger partial charge on any atom is 0.273 e. The van der Waals surface area contributed by atoms with Gasteiger partial charge in [0.2, 0.25) is 0 Å². The van der Waals surface area contributed by atoms with Crippen LogP contribution < -0.4 is 10.7 Å². The van der Waals surface area contributed by atoms with Crippen molar-refractivity contribution in [2.45, 2.75) is 13.0 Å². The number of carbonyl (C=O) groups is 2. The van der Waals surface area contributed by atoms with Crippen LogP contribution in [-0.4, -0.2) is 22.6 Å². The molecule has 0 radical (unpaired) electrons. The standard InChI is InChI=1S/C21H19N3O3S/c1-14(23-24-21(27)19(25)15-7-3-2-4-8-15)16-9-5-10-17(13-16)22-20(26)18-11-6-12-28-18/h2-13,19,25H,1H3,(H,22,26)(H,24,27)/b23-14+. The lowest BCUT2D eigenvalue weighted by Crippen LogP contribution is -2.26. The normalized spacial score (nSPS) is 12.3. The van der Waals surface area contributed by atoms with Gasteiger partial charge in [-0.1, -0.05) is 48.5 Å². The Kier molecular flexibility index (Phi) is 6.31. The zero-order valence-corrected chi connectivity index (χ0v) is 15.9. The molecule has 0 saturated carbocycles. The Balaban J connectivity index is 1.66. The molecule has 0 fully saturated rings. The minimum Gasteiger partial charge on any atom is -0.378 e. The molecule has 0 spiro atoms. The number of nitrogens with zero attached hydrogens (tertiary/aromatic N) is 1. The molecule has 1 unspecified atom stereocenters. The highest BCUT2D eigenvalue weighted by molar-refractivity contribution is 7.12. The van der Waals surface area contributed by atoms with Crippen molar-refractivity contribution in [1.82, 2.24) is 5.43 Å². The minimum atomic E-state index is -1.30. The molecule has 1 heterocycles. The third-order valence-electron chi connectivity index (χ3n) is 3.98. The fourth-order valence-corrected chi connectivity index (χ4v) is 3.09. The van der Waals surface area contributed by atoms with E-state index >= 15 is 0 Å². The molecule has 0 aliphatic rings. The second kappa shape index (κ2) is 9.07. The van der Waals surface area contributed by atoms with Gasteiger partial charge in [-0.05, 0) is 41.6 Å². The second-order valence-corrected chi connectivity index (χ2v) is 6.95. The summed E-state index contributed by atoms with van der Waals surface area (Å²) in [6.07, 6.45) is -1.30. The Bertz CT molecular complexity index is 985. The molecule has 3 aromatic rings. The third-order valence-corrected chi connectivity index (χ3v) is 4.85. The number of benzene rings is 2. The van der Waals surface area contributed by atoms with Gasteiger partial charge in [-0.25, -0.2) is 5.43 Å². The van der Waals surface area contributed by atoms with Crippen LogP contribution in [0.3, 0.4) is 0 Å². The average Bonchev–Trinajstić information content (AvgIpc) is 3.27. The summed E-state index contributed by atoms with van der Waals surface area (Å²) in [5.41, 5.74) is 4.77. The van der Waals surface area contributed by atoms with E-state index in [9.17, 15) is 14.7 Å². The van der Waals surface area contributed by atoms with Gasteiger partial charge in [0.05, 0.1) is 10.6 Å². The Hall–Kier alpha value is -3.29. The zero-order chi connectivity index (χ0) is 19.9. The first kappa shape index (κ1) is 19.5. The fourth-order valence-electron chi connectivity index (χ4n) is 2.47. The number of aliphatic hydroxyl groups is 1. The molecule has 28 heavy (non-hydrogen) atoms. The lowest BCUT2D eigenvalue weighted by atomic mass is 10.1. The summed E-state index contributed by atoms with van der Waals surface area (Å²) in [6, 6.07) is 19.4. The smallest absolute Gasteiger partial charge is 0.273 e. The van der Waals surface area contributed by atoms with Crippen LogP contribution in [0.4, 0.5) is 5.69 Å². The predicted molar refractivity (Wildman–Crippen MR) is 110 cm³/mol. The van der Waals surface area contributed by atoms with Gasteiger partial charge in [0.1, 0.15) is 0 Å². The van der Waals surface area contributed by atoms with Crippen LogP contribution in [0, 0.1) is 0 Å². The number of hydrogen-bond acceptors (Lipinski definition) is 5. The number of nitrogens with one attached hydrogen (secondary N) is 2. The van der Waals surface area contributed by atoms with E-state index < -0.39 is 12.0 Å². The lowest BCUT2D eigenvalue weighted by Gasteiger charge is -2.10. The Morgan fingerprint density at radius 2 is 1.82 bits per heavy atom. The summed E-state index contributed by atoms with van der Waals surface area (Å²) in [6.45, 7) is 1.73. The van der Waals surface area contributed by atoms with Gasteiger partial charge in [-0.2, -0.15) is 5.10 Å². The molecule has 3 N–H and O–H groups in total. The molecule has 3 rings (SSSR count). The second-order valence-electron chi connectivity index (χ2n) is 6.00. The van der Waals surface area contributed by atoms with E-state index in [0.717, 1.165) is 5.56 Å². The van der Waals surface area contributed by atoms with E-state index in [0.29, 0.717) is 21.8 Å². The van der Waals surface area contributed by atoms with Crippen molar-refractivity contribution in [3.8, 4) is 0 Å². The average molecular weight is 393 g/mol. The largest absolute Gasteiger partial charge is 0.378 e. The van der Waals surface area contributed by atoms with E-state index in [4.69, 9.17) is 0 Å². The Morgan fingerprint density at radius 3 is 2.54 bits per heavy atom. The number of rotatable bonds is 6. The van der Waals surface area contributed by atoms with Crippen LogP contribution >= 0.6 is 11.3 Å². The summed E-state index contributed by atoms with van der Waals surface area (Å²) in [7, 11) is 0. The molecule has 0 saturated heterocycles. The minimum absolute atomic E-state index is 0.180. The van der Waals surface area contributed by atoms with Gasteiger partial charge in [-0.3, -0.25) is 9.59 Å². The molecule has 2 aromatic carbocycles. The van der Waals surface area contributed by atoms with Crippen LogP contribution in [-0.2, 0) is 4.79 Å². The fraction of sp³-hybridized carbons (Fsp3) is 0.0952. The van der Waals surface area contributed by atoms with E-state index in [2.05, 4.69) is 15.8 Å². The van der Waals surface area contributed by atoms with Crippen LogP contribution in [0.25, 0.3) is 0 Å². The number of anilines is 1. The van der Waals surface area contributed by atoms with E-state index in [1.807, 2.05) is 17.5 Å². The molecule has 0 aliphatic heterocycles. The van der Waals surface area contributed by atoms with E-state index in [1.54, 1.807) is 61.5 Å². The first-order chi connectivity index (χ1) is 13.5. The maximum absolute atomic E-state index is 12.2. The summed E-state index contributed by atoms with van der Waals surface area (Å²) in [5, 5.41) is 18.8. The Labute approximate surface area is 166 Å². The van der Waals surface area contributed by atoms with E-state index in [-0.39, 0.29) is 5.91 Å². The number of hydrogen-bond donors (Lipinski definition) is 3. The SMILES string of the molecule is C/C(=N\NC(=O)C(O)c1ccccc1)c1cccc(NC(=O)c2cccs2)c1. The molecule has 0 aliphatic carbocycles. The van der Waals surface area contributed by atoms with Crippen LogP contribution in [0.5, 0.6) is 0 Å². The van der Waals surface area contributed by atoms with Gasteiger partial charge in [0.15, 0.2) is 6.10 Å². The first-order valence-electron chi connectivity index (χ1n) is 8.57. The third kappa shape index (κ3) is 4.91. The number of amides is 2. The van der Waals surface area contributed by atoms with Crippen molar-refractivity contribution in [2.75, 3.05) is 5.32 Å². The van der Waals surface area contributed by atoms with Gasteiger partial charge >= 0.3 is 0 Å². The molecule has 7 heteroatoms. The van der Waals surface area contributed by atoms with Gasteiger partial charge in [-0.15, -0.1) is 11.3 Å². The molecule has 6 nitrogen and oxygen atoms in total. The Morgan fingerprint density at radius 1 is 1.04 bits per heavy atom. The van der Waals surface area contributed by atoms with Crippen molar-refractivity contribution < 1.29 is 14.7 Å². The molecular formula is C21H19N3O3S. The predicted octanol–water partition coefficient (Wildman–Crippen LogP) is 3.57.